The van der Waals surface area contributed by atoms with Gasteiger partial charge in [-0.2, -0.15) is 0 Å². The second kappa shape index (κ2) is 41.0. The van der Waals surface area contributed by atoms with Gasteiger partial charge in [0.2, 0.25) is 0 Å². The number of unbranched alkanes of at least 4 members (excludes halogenated alkanes) is 32. The second-order valence-corrected chi connectivity index (χ2v) is 16.4. The first-order valence-corrected chi connectivity index (χ1v) is 23.1. The van der Waals surface area contributed by atoms with Gasteiger partial charge >= 0.3 is 41.5 Å². The summed E-state index contributed by atoms with van der Waals surface area (Å²) in [6.07, 6.45) is 41.6. The second-order valence-electron chi connectivity index (χ2n) is 14.9. The Morgan fingerprint density at radius 2 is 0.667 bits per heavy atom. The van der Waals surface area contributed by atoms with E-state index in [0.717, 1.165) is 38.5 Å². The number of ether oxygens (including phenoxy) is 2. The predicted molar refractivity (Wildman–Crippen MR) is 208 cm³/mol. The van der Waals surface area contributed by atoms with Crippen molar-refractivity contribution in [3.8, 4) is 0 Å². The van der Waals surface area contributed by atoms with E-state index in [9.17, 15) is 22.6 Å². The van der Waals surface area contributed by atoms with Gasteiger partial charge in [-0.3, -0.25) is 9.59 Å². The largest absolute Gasteiger partial charge is 1.00 e. The molecule has 0 aromatic rings. The van der Waals surface area contributed by atoms with Gasteiger partial charge in [0.25, 0.3) is 0 Å². The van der Waals surface area contributed by atoms with Crippen LogP contribution < -0.4 is 29.6 Å². The monoisotopic (exact) mass is 753 g/mol. The van der Waals surface area contributed by atoms with Crippen LogP contribution in [-0.4, -0.2) is 43.4 Å². The Labute approximate surface area is 338 Å². The quantitative estimate of drug-likeness (QED) is 0.0265. The molecule has 0 spiro atoms. The molecule has 298 valence electrons. The summed E-state index contributed by atoms with van der Waals surface area (Å²) in [5.41, 5.74) is 0. The van der Waals surface area contributed by atoms with Crippen LogP contribution in [0, 0.1) is 0 Å². The van der Waals surface area contributed by atoms with Crippen molar-refractivity contribution in [2.75, 3.05) is 13.2 Å². The van der Waals surface area contributed by atoms with Crippen molar-refractivity contribution in [2.24, 2.45) is 0 Å². The minimum atomic E-state index is -5.02. The van der Waals surface area contributed by atoms with Gasteiger partial charge in [0.05, 0.1) is 19.6 Å². The molecular weight excluding hydrogens is 672 g/mol. The molecule has 0 aliphatic heterocycles. The average Bonchev–Trinajstić information content (AvgIpc) is 3.09. The fourth-order valence-electron chi connectivity index (χ4n) is 6.62. The van der Waals surface area contributed by atoms with Crippen LogP contribution in [0.25, 0.3) is 0 Å². The average molecular weight is 753 g/mol. The molecule has 0 aliphatic rings. The smallest absolute Gasteiger partial charge is 0.747 e. The molecule has 0 aliphatic carbocycles. The summed E-state index contributed by atoms with van der Waals surface area (Å²) >= 11 is 0. The molecule has 1 unspecified atom stereocenters. The normalized spacial score (nSPS) is 12.1. The van der Waals surface area contributed by atoms with Crippen molar-refractivity contribution < 1.29 is 61.6 Å². The van der Waals surface area contributed by atoms with E-state index in [1.54, 1.807) is 0 Å². The minimum absolute atomic E-state index is 0. The van der Waals surface area contributed by atoms with Crippen molar-refractivity contribution in [3.63, 3.8) is 0 Å². The van der Waals surface area contributed by atoms with E-state index >= 15 is 0 Å². The number of hydrogen-bond acceptors (Lipinski definition) is 7. The maximum Gasteiger partial charge on any atom is 1.00 e. The van der Waals surface area contributed by atoms with Crippen LogP contribution in [0.4, 0.5) is 0 Å². The molecule has 7 nitrogen and oxygen atoms in total. The first-order chi connectivity index (χ1) is 24.3. The minimum Gasteiger partial charge on any atom is -0.747 e. The Morgan fingerprint density at radius 1 is 0.431 bits per heavy atom. The van der Waals surface area contributed by atoms with Crippen molar-refractivity contribution >= 4 is 22.1 Å². The van der Waals surface area contributed by atoms with Crippen molar-refractivity contribution in [2.45, 2.75) is 244 Å². The Morgan fingerprint density at radius 3 is 0.922 bits per heavy atom. The fraction of sp³-hybridized carbons (Fsp3) is 0.952. The van der Waals surface area contributed by atoms with Gasteiger partial charge in [-0.1, -0.05) is 219 Å². The molecule has 0 radical (unpaired) electrons. The summed E-state index contributed by atoms with van der Waals surface area (Å²) in [7, 11) is -5.02. The van der Waals surface area contributed by atoms with Crippen molar-refractivity contribution in [1.82, 2.24) is 0 Å². The number of rotatable bonds is 40. The molecule has 0 rings (SSSR count). The van der Waals surface area contributed by atoms with Gasteiger partial charge in [0, 0.05) is 0 Å². The first kappa shape index (κ1) is 53.0. The van der Waals surface area contributed by atoms with Crippen molar-refractivity contribution in [3.05, 3.63) is 0 Å². The van der Waals surface area contributed by atoms with Gasteiger partial charge in [0.15, 0.2) is 5.25 Å². The van der Waals surface area contributed by atoms with Crippen LogP contribution >= 0.6 is 0 Å². The SMILES string of the molecule is CCCCCCCCCCCCCCCCCCCOC(=O)CC(C(=O)OCCCCCCCCCCCCCCCCCCC)S(=O)(=O)[O-].[Na+]. The summed E-state index contributed by atoms with van der Waals surface area (Å²) in [6, 6.07) is 0. The molecule has 51 heavy (non-hydrogen) atoms. The van der Waals surface area contributed by atoms with Crippen LogP contribution in [0.1, 0.15) is 239 Å². The molecule has 0 bridgehead atoms. The zero-order valence-electron chi connectivity index (χ0n) is 34.0. The number of esters is 2. The molecule has 1 atom stereocenters. The summed E-state index contributed by atoms with van der Waals surface area (Å²) in [4.78, 5) is 24.5. The summed E-state index contributed by atoms with van der Waals surface area (Å²) in [6.45, 7) is 4.74. The van der Waals surface area contributed by atoms with E-state index in [2.05, 4.69) is 13.8 Å². The van der Waals surface area contributed by atoms with Gasteiger partial charge in [-0.25, -0.2) is 8.42 Å². The van der Waals surface area contributed by atoms with Crippen molar-refractivity contribution in [1.29, 1.82) is 0 Å². The zero-order valence-corrected chi connectivity index (χ0v) is 36.8. The topological polar surface area (TPSA) is 110 Å². The third-order valence-electron chi connectivity index (χ3n) is 9.97. The van der Waals surface area contributed by atoms with Crippen LogP contribution in [0.5, 0.6) is 0 Å². The van der Waals surface area contributed by atoms with Crippen LogP contribution in [0.2, 0.25) is 0 Å². The molecule has 0 heterocycles. The Kier molecular flexibility index (Phi) is 42.6. The molecule has 9 heteroatoms. The molecule has 0 N–H and O–H groups in total. The predicted octanol–water partition coefficient (Wildman–Crippen LogP) is 9.68. The first-order valence-electron chi connectivity index (χ1n) is 21.6. The van der Waals surface area contributed by atoms with Crippen LogP contribution in [0.15, 0.2) is 0 Å². The van der Waals surface area contributed by atoms with E-state index in [4.69, 9.17) is 9.47 Å². The molecule has 0 aromatic carbocycles. The Bertz CT molecular complexity index is 852. The maximum absolute atomic E-state index is 12.3. The Hall–Kier alpha value is -0.150. The summed E-state index contributed by atoms with van der Waals surface area (Å²) in [5, 5.41) is -2.05. The van der Waals surface area contributed by atoms with E-state index in [1.807, 2.05) is 0 Å². The molecule has 0 amide bonds. The third kappa shape index (κ3) is 39.4. The molecule has 0 saturated heterocycles. The van der Waals surface area contributed by atoms with Gasteiger partial charge < -0.3 is 14.0 Å². The van der Waals surface area contributed by atoms with Gasteiger partial charge in [-0.15, -0.1) is 0 Å². The van der Waals surface area contributed by atoms with E-state index < -0.39 is 33.7 Å². The summed E-state index contributed by atoms with van der Waals surface area (Å²) in [5.74, 6) is -1.99. The van der Waals surface area contributed by atoms with Gasteiger partial charge in [-0.05, 0) is 12.8 Å². The fourth-order valence-corrected chi connectivity index (χ4v) is 7.26. The number of carbonyl (C=O) groups is 2. The van der Waals surface area contributed by atoms with E-state index in [1.165, 1.54) is 167 Å². The molecule has 0 saturated carbocycles. The molecule has 0 aromatic heterocycles. The summed E-state index contributed by atoms with van der Waals surface area (Å²) < 4.78 is 45.2. The van der Waals surface area contributed by atoms with Crippen LogP contribution in [0.3, 0.4) is 0 Å². The standard InChI is InChI=1S/C42H82O7S.Na/c1-3-5-7-9-11-13-15-17-19-21-23-25-27-29-31-33-35-37-48-41(43)39-40(50(45,46)47)42(44)49-38-36-34-32-30-28-26-24-22-20-18-16-14-12-10-8-6-4-2;/h40H,3-39H2,1-2H3,(H,45,46,47);/q;+1/p-1. The molecule has 0 fully saturated rings. The maximum atomic E-state index is 12.3. The third-order valence-corrected chi connectivity index (χ3v) is 11.0. The Balaban J connectivity index is 0. The number of hydrogen-bond donors (Lipinski definition) is 0. The zero-order chi connectivity index (χ0) is 36.8. The van der Waals surface area contributed by atoms with Crippen LogP contribution in [-0.2, 0) is 29.2 Å². The number of carbonyl (C=O) groups excluding carboxylic acids is 2. The van der Waals surface area contributed by atoms with E-state index in [0.29, 0.717) is 12.8 Å². The van der Waals surface area contributed by atoms with Gasteiger partial charge in [0.1, 0.15) is 10.1 Å². The molecular formula is C42H81NaO7S. The van der Waals surface area contributed by atoms with E-state index in [-0.39, 0.29) is 42.8 Å².